The third kappa shape index (κ3) is 5.83. The molecule has 1 aromatic heterocycles. The number of nitrogens with one attached hydrogen (secondary N) is 1. The van der Waals surface area contributed by atoms with Gasteiger partial charge in [-0.1, -0.05) is 53.0 Å². The van der Waals surface area contributed by atoms with Gasteiger partial charge in [0.15, 0.2) is 0 Å². The molecular formula is C22H25Cl3N6. The molecule has 1 aliphatic heterocycles. The predicted molar refractivity (Wildman–Crippen MR) is 128 cm³/mol. The minimum atomic E-state index is 0.279. The smallest absolute Gasteiger partial charge is 0.241 e. The van der Waals surface area contributed by atoms with Crippen LogP contribution in [-0.4, -0.2) is 45.8 Å². The average molecular weight is 480 g/mol. The second kappa shape index (κ2) is 10.1. The number of H-pyrrole nitrogens is 1. The van der Waals surface area contributed by atoms with Crippen LogP contribution in [0.25, 0.3) is 0 Å². The lowest BCUT2D eigenvalue weighted by molar-refractivity contribution is 0.162. The van der Waals surface area contributed by atoms with Crippen LogP contribution >= 0.6 is 34.8 Å². The molecule has 0 saturated carbocycles. The van der Waals surface area contributed by atoms with E-state index >= 15 is 0 Å². The summed E-state index contributed by atoms with van der Waals surface area (Å²) in [6.45, 7) is 3.57. The SMILES string of the molecule is Nc1n[nH]c(N2CCC(N(CCc3ccc(Cl)cc3)Cc3ccc(Cl)c(Cl)c3)CC2)n1. The largest absolute Gasteiger partial charge is 0.366 e. The summed E-state index contributed by atoms with van der Waals surface area (Å²) in [4.78, 5) is 9.01. The maximum Gasteiger partial charge on any atom is 0.241 e. The Kier molecular flexibility index (Phi) is 7.23. The fourth-order valence-electron chi connectivity index (χ4n) is 4.04. The van der Waals surface area contributed by atoms with Crippen molar-refractivity contribution in [3.8, 4) is 0 Å². The number of piperidine rings is 1. The van der Waals surface area contributed by atoms with Gasteiger partial charge in [-0.25, -0.2) is 5.10 Å². The zero-order valence-corrected chi connectivity index (χ0v) is 19.3. The molecule has 6 nitrogen and oxygen atoms in total. The summed E-state index contributed by atoms with van der Waals surface area (Å²) in [5.74, 6) is 1.02. The highest BCUT2D eigenvalue weighted by Crippen LogP contribution is 2.26. The van der Waals surface area contributed by atoms with Crippen molar-refractivity contribution in [3.05, 3.63) is 68.7 Å². The molecule has 1 saturated heterocycles. The van der Waals surface area contributed by atoms with Crippen molar-refractivity contribution in [2.45, 2.75) is 31.8 Å². The van der Waals surface area contributed by atoms with Gasteiger partial charge in [0.2, 0.25) is 11.9 Å². The second-order valence-corrected chi connectivity index (χ2v) is 9.08. The molecule has 2 heterocycles. The Morgan fingerprint density at radius 2 is 1.71 bits per heavy atom. The highest BCUT2D eigenvalue weighted by Gasteiger charge is 2.26. The van der Waals surface area contributed by atoms with Crippen LogP contribution in [-0.2, 0) is 13.0 Å². The van der Waals surface area contributed by atoms with Crippen molar-refractivity contribution >= 4 is 46.7 Å². The molecule has 4 rings (SSSR count). The summed E-state index contributed by atoms with van der Waals surface area (Å²) in [5, 5.41) is 8.79. The van der Waals surface area contributed by atoms with E-state index in [2.05, 4.69) is 43.2 Å². The molecule has 2 aromatic carbocycles. The number of nitrogens with zero attached hydrogens (tertiary/aromatic N) is 4. The van der Waals surface area contributed by atoms with E-state index in [0.29, 0.717) is 16.1 Å². The number of rotatable bonds is 7. The van der Waals surface area contributed by atoms with Crippen molar-refractivity contribution in [3.63, 3.8) is 0 Å². The number of hydrogen-bond donors (Lipinski definition) is 2. The molecule has 1 aliphatic rings. The summed E-state index contributed by atoms with van der Waals surface area (Å²) >= 11 is 18.4. The average Bonchev–Trinajstić information content (AvgIpc) is 3.21. The van der Waals surface area contributed by atoms with Gasteiger partial charge < -0.3 is 10.6 Å². The van der Waals surface area contributed by atoms with Crippen molar-refractivity contribution in [1.82, 2.24) is 20.1 Å². The van der Waals surface area contributed by atoms with Crippen LogP contribution in [0.3, 0.4) is 0 Å². The third-order valence-electron chi connectivity index (χ3n) is 5.74. The van der Waals surface area contributed by atoms with Crippen molar-refractivity contribution in [2.75, 3.05) is 30.3 Å². The van der Waals surface area contributed by atoms with Crippen LogP contribution in [0.5, 0.6) is 0 Å². The highest BCUT2D eigenvalue weighted by molar-refractivity contribution is 6.42. The van der Waals surface area contributed by atoms with E-state index in [1.54, 1.807) is 0 Å². The normalized spacial score (nSPS) is 15.0. The van der Waals surface area contributed by atoms with E-state index in [1.807, 2.05) is 24.3 Å². The van der Waals surface area contributed by atoms with Gasteiger partial charge in [-0.05, 0) is 54.7 Å². The van der Waals surface area contributed by atoms with Crippen molar-refractivity contribution in [1.29, 1.82) is 0 Å². The van der Waals surface area contributed by atoms with Gasteiger partial charge in [0, 0.05) is 37.2 Å². The fraction of sp³-hybridized carbons (Fsp3) is 0.364. The minimum Gasteiger partial charge on any atom is -0.366 e. The Morgan fingerprint density at radius 3 is 2.35 bits per heavy atom. The summed E-state index contributed by atoms with van der Waals surface area (Å²) in [5.41, 5.74) is 8.10. The molecular weight excluding hydrogens is 455 g/mol. The number of aromatic amines is 1. The highest BCUT2D eigenvalue weighted by atomic mass is 35.5. The molecule has 31 heavy (non-hydrogen) atoms. The Bertz CT molecular complexity index is 999. The quantitative estimate of drug-likeness (QED) is 0.495. The molecule has 3 aromatic rings. The molecule has 0 amide bonds. The number of nitrogens with two attached hydrogens (primary N) is 1. The zero-order valence-electron chi connectivity index (χ0n) is 17.1. The van der Waals surface area contributed by atoms with E-state index in [4.69, 9.17) is 40.5 Å². The monoisotopic (exact) mass is 478 g/mol. The van der Waals surface area contributed by atoms with Gasteiger partial charge in [0.05, 0.1) is 10.0 Å². The number of halogens is 3. The molecule has 0 unspecified atom stereocenters. The molecule has 1 fully saturated rings. The van der Waals surface area contributed by atoms with Crippen LogP contribution in [0, 0.1) is 0 Å². The van der Waals surface area contributed by atoms with E-state index in [-0.39, 0.29) is 5.95 Å². The lowest BCUT2D eigenvalue weighted by Crippen LogP contribution is -2.45. The van der Waals surface area contributed by atoms with Crippen LogP contribution < -0.4 is 10.6 Å². The first-order chi connectivity index (χ1) is 15.0. The molecule has 9 heteroatoms. The van der Waals surface area contributed by atoms with E-state index in [1.165, 1.54) is 5.56 Å². The van der Waals surface area contributed by atoms with Gasteiger partial charge in [0.1, 0.15) is 0 Å². The van der Waals surface area contributed by atoms with E-state index < -0.39 is 0 Å². The van der Waals surface area contributed by atoms with Crippen LogP contribution in [0.4, 0.5) is 11.9 Å². The molecule has 0 atom stereocenters. The number of hydrogen-bond acceptors (Lipinski definition) is 5. The lowest BCUT2D eigenvalue weighted by atomic mass is 10.0. The Hall–Kier alpha value is -1.99. The third-order valence-corrected chi connectivity index (χ3v) is 6.73. The van der Waals surface area contributed by atoms with E-state index in [0.717, 1.165) is 62.0 Å². The molecule has 0 spiro atoms. The van der Waals surface area contributed by atoms with Gasteiger partial charge in [-0.3, -0.25) is 4.90 Å². The number of anilines is 2. The van der Waals surface area contributed by atoms with Crippen LogP contribution in [0.15, 0.2) is 42.5 Å². The van der Waals surface area contributed by atoms with Gasteiger partial charge in [0.25, 0.3) is 0 Å². The number of aromatic nitrogens is 3. The number of nitrogen functional groups attached to an aromatic ring is 1. The molecule has 164 valence electrons. The first kappa shape index (κ1) is 22.2. The number of benzene rings is 2. The first-order valence-electron chi connectivity index (χ1n) is 10.3. The molecule has 3 N–H and O–H groups in total. The fourth-order valence-corrected chi connectivity index (χ4v) is 4.48. The minimum absolute atomic E-state index is 0.279. The topological polar surface area (TPSA) is 74.1 Å². The maximum atomic E-state index is 6.26. The van der Waals surface area contributed by atoms with Crippen LogP contribution in [0.1, 0.15) is 24.0 Å². The first-order valence-corrected chi connectivity index (χ1v) is 11.5. The summed E-state index contributed by atoms with van der Waals surface area (Å²) in [6.07, 6.45) is 3.02. The summed E-state index contributed by atoms with van der Waals surface area (Å²) < 4.78 is 0. The molecule has 0 radical (unpaired) electrons. The van der Waals surface area contributed by atoms with Gasteiger partial charge in [-0.2, -0.15) is 4.98 Å². The van der Waals surface area contributed by atoms with Crippen molar-refractivity contribution < 1.29 is 0 Å². The van der Waals surface area contributed by atoms with Crippen LogP contribution in [0.2, 0.25) is 15.1 Å². The Labute approximate surface area is 197 Å². The lowest BCUT2D eigenvalue weighted by Gasteiger charge is -2.38. The summed E-state index contributed by atoms with van der Waals surface area (Å²) in [7, 11) is 0. The van der Waals surface area contributed by atoms with Gasteiger partial charge >= 0.3 is 0 Å². The maximum absolute atomic E-state index is 6.26. The second-order valence-electron chi connectivity index (χ2n) is 7.83. The predicted octanol–water partition coefficient (Wildman–Crippen LogP) is 5.06. The van der Waals surface area contributed by atoms with Gasteiger partial charge in [-0.15, -0.1) is 5.10 Å². The Morgan fingerprint density at radius 1 is 1.00 bits per heavy atom. The zero-order chi connectivity index (χ0) is 21.8. The van der Waals surface area contributed by atoms with Crippen molar-refractivity contribution in [2.24, 2.45) is 0 Å². The Balaban J connectivity index is 1.44. The summed E-state index contributed by atoms with van der Waals surface area (Å²) in [6, 6.07) is 14.4. The van der Waals surface area contributed by atoms with E-state index in [9.17, 15) is 0 Å². The standard InChI is InChI=1S/C22H25Cl3N6/c23-17-4-1-15(2-5-17)7-10-31(14-16-3-6-19(24)20(25)13-16)18-8-11-30(12-9-18)22-27-21(26)28-29-22/h1-6,13,18H,7-12,14H2,(H3,26,27,28,29). The molecule has 0 bridgehead atoms. The molecule has 0 aliphatic carbocycles.